The van der Waals surface area contributed by atoms with Crippen molar-refractivity contribution in [3.05, 3.63) is 71.2 Å². The fourth-order valence-electron chi connectivity index (χ4n) is 2.26. The second-order valence-electron chi connectivity index (χ2n) is 4.95. The van der Waals surface area contributed by atoms with E-state index in [1.807, 2.05) is 49.4 Å². The van der Waals surface area contributed by atoms with Crippen LogP contribution in [-0.4, -0.2) is 6.09 Å². The van der Waals surface area contributed by atoms with Gasteiger partial charge in [0.1, 0.15) is 5.75 Å². The lowest BCUT2D eigenvalue weighted by Crippen LogP contribution is -2.16. The molecule has 3 rings (SSSR count). The van der Waals surface area contributed by atoms with Crippen LogP contribution in [0.15, 0.2) is 60.7 Å². The van der Waals surface area contributed by atoms with Gasteiger partial charge in [0.05, 0.1) is 5.69 Å². The number of hydrogen-bond donors (Lipinski definition) is 1. The van der Waals surface area contributed by atoms with Gasteiger partial charge in [0.2, 0.25) is 0 Å². The molecule has 0 bridgehead atoms. The lowest BCUT2D eigenvalue weighted by atomic mass is 10.1. The van der Waals surface area contributed by atoms with Crippen molar-refractivity contribution in [1.82, 2.24) is 0 Å². The van der Waals surface area contributed by atoms with Gasteiger partial charge in [-0.1, -0.05) is 48.0 Å². The van der Waals surface area contributed by atoms with Gasteiger partial charge in [0.15, 0.2) is 0 Å². The normalized spacial score (nSPS) is 10.5. The molecule has 0 heterocycles. The molecule has 0 unspecified atom stereocenters. The molecule has 0 saturated heterocycles. The number of nitrogens with one attached hydrogen (secondary N) is 1. The van der Waals surface area contributed by atoms with E-state index in [1.54, 1.807) is 18.2 Å². The maximum atomic E-state index is 12.1. The molecule has 3 nitrogen and oxygen atoms in total. The number of carbonyl (C=O) groups excluding carboxylic acids is 1. The van der Waals surface area contributed by atoms with Crippen LogP contribution >= 0.6 is 11.6 Å². The van der Waals surface area contributed by atoms with Crippen LogP contribution in [-0.2, 0) is 0 Å². The van der Waals surface area contributed by atoms with Gasteiger partial charge in [0.25, 0.3) is 0 Å². The zero-order chi connectivity index (χ0) is 15.5. The molecule has 0 aliphatic rings. The Morgan fingerprint density at radius 3 is 2.64 bits per heavy atom. The van der Waals surface area contributed by atoms with Crippen LogP contribution in [0.2, 0.25) is 5.02 Å². The Labute approximate surface area is 133 Å². The zero-order valence-electron chi connectivity index (χ0n) is 12.0. The molecule has 0 saturated carbocycles. The summed E-state index contributed by atoms with van der Waals surface area (Å²) in [6, 6.07) is 18.7. The van der Waals surface area contributed by atoms with Gasteiger partial charge in [-0.2, -0.15) is 0 Å². The Kier molecular flexibility index (Phi) is 3.98. The summed E-state index contributed by atoms with van der Waals surface area (Å²) in [4.78, 5) is 12.1. The SMILES string of the molecule is Cc1cc(OC(=O)Nc2cccc3ccccc23)ccc1Cl. The van der Waals surface area contributed by atoms with E-state index in [2.05, 4.69) is 5.32 Å². The number of rotatable bonds is 2. The van der Waals surface area contributed by atoms with Crippen LogP contribution in [0.3, 0.4) is 0 Å². The Morgan fingerprint density at radius 1 is 1.05 bits per heavy atom. The van der Waals surface area contributed by atoms with Crippen molar-refractivity contribution in [2.75, 3.05) is 5.32 Å². The highest BCUT2D eigenvalue weighted by Gasteiger charge is 2.08. The zero-order valence-corrected chi connectivity index (χ0v) is 12.7. The first-order valence-corrected chi connectivity index (χ1v) is 7.24. The maximum absolute atomic E-state index is 12.1. The minimum atomic E-state index is -0.530. The summed E-state index contributed by atoms with van der Waals surface area (Å²) in [7, 11) is 0. The molecular weight excluding hydrogens is 298 g/mol. The highest BCUT2D eigenvalue weighted by molar-refractivity contribution is 6.31. The van der Waals surface area contributed by atoms with Crippen LogP contribution in [0, 0.1) is 6.92 Å². The molecule has 0 spiro atoms. The first-order chi connectivity index (χ1) is 10.6. The second-order valence-corrected chi connectivity index (χ2v) is 5.36. The fraction of sp³-hybridized carbons (Fsp3) is 0.0556. The Bertz CT molecular complexity index is 840. The van der Waals surface area contributed by atoms with Crippen LogP contribution in [0.25, 0.3) is 10.8 Å². The number of fused-ring (bicyclic) bond motifs is 1. The summed E-state index contributed by atoms with van der Waals surface area (Å²) in [6.45, 7) is 1.86. The van der Waals surface area contributed by atoms with Gasteiger partial charge < -0.3 is 4.74 Å². The van der Waals surface area contributed by atoms with Crippen molar-refractivity contribution >= 4 is 34.2 Å². The number of ether oxygens (including phenoxy) is 1. The third-order valence-electron chi connectivity index (χ3n) is 3.37. The van der Waals surface area contributed by atoms with E-state index in [4.69, 9.17) is 16.3 Å². The van der Waals surface area contributed by atoms with Gasteiger partial charge >= 0.3 is 6.09 Å². The molecular formula is C18H14ClNO2. The third kappa shape index (κ3) is 3.05. The molecule has 3 aromatic rings. The average Bonchev–Trinajstić information content (AvgIpc) is 2.51. The van der Waals surface area contributed by atoms with E-state index >= 15 is 0 Å². The molecule has 1 N–H and O–H groups in total. The van der Waals surface area contributed by atoms with Crippen LogP contribution < -0.4 is 10.1 Å². The largest absolute Gasteiger partial charge is 0.417 e. The summed E-state index contributed by atoms with van der Waals surface area (Å²) in [5, 5.41) is 5.44. The first-order valence-electron chi connectivity index (χ1n) is 6.86. The summed E-state index contributed by atoms with van der Waals surface area (Å²) >= 11 is 5.96. The number of aryl methyl sites for hydroxylation is 1. The number of benzene rings is 3. The minimum Gasteiger partial charge on any atom is -0.410 e. The molecule has 22 heavy (non-hydrogen) atoms. The molecule has 4 heteroatoms. The highest BCUT2D eigenvalue weighted by Crippen LogP contribution is 2.24. The molecule has 0 radical (unpaired) electrons. The lowest BCUT2D eigenvalue weighted by molar-refractivity contribution is 0.215. The van der Waals surface area contributed by atoms with Gasteiger partial charge in [-0.3, -0.25) is 5.32 Å². The number of anilines is 1. The molecule has 0 fully saturated rings. The van der Waals surface area contributed by atoms with E-state index in [0.29, 0.717) is 16.5 Å². The van der Waals surface area contributed by atoms with Gasteiger partial charge in [-0.25, -0.2) is 4.79 Å². The van der Waals surface area contributed by atoms with E-state index in [0.717, 1.165) is 16.3 Å². The number of halogens is 1. The van der Waals surface area contributed by atoms with Crippen molar-refractivity contribution < 1.29 is 9.53 Å². The summed E-state index contributed by atoms with van der Waals surface area (Å²) in [6.07, 6.45) is -0.530. The second kappa shape index (κ2) is 6.08. The molecule has 3 aromatic carbocycles. The van der Waals surface area contributed by atoms with E-state index in [9.17, 15) is 4.79 Å². The van der Waals surface area contributed by atoms with Crippen LogP contribution in [0.1, 0.15) is 5.56 Å². The topological polar surface area (TPSA) is 38.3 Å². The van der Waals surface area contributed by atoms with Crippen molar-refractivity contribution in [2.45, 2.75) is 6.92 Å². The van der Waals surface area contributed by atoms with Crippen LogP contribution in [0.5, 0.6) is 5.75 Å². The monoisotopic (exact) mass is 311 g/mol. The average molecular weight is 312 g/mol. The first kappa shape index (κ1) is 14.4. The molecule has 0 atom stereocenters. The van der Waals surface area contributed by atoms with Crippen molar-refractivity contribution in [3.8, 4) is 5.75 Å². The van der Waals surface area contributed by atoms with Gasteiger partial charge in [-0.15, -0.1) is 0 Å². The standard InChI is InChI=1S/C18H14ClNO2/c1-12-11-14(9-10-16(12)19)22-18(21)20-17-8-4-6-13-5-2-3-7-15(13)17/h2-11H,1H3,(H,20,21). The predicted molar refractivity (Wildman–Crippen MR) is 89.8 cm³/mol. The Hall–Kier alpha value is -2.52. The van der Waals surface area contributed by atoms with Gasteiger partial charge in [-0.05, 0) is 42.1 Å². The predicted octanol–water partition coefficient (Wildman–Crippen LogP) is 5.41. The van der Waals surface area contributed by atoms with Crippen LogP contribution in [0.4, 0.5) is 10.5 Å². The fourth-order valence-corrected chi connectivity index (χ4v) is 2.38. The van der Waals surface area contributed by atoms with Crippen molar-refractivity contribution in [2.24, 2.45) is 0 Å². The highest BCUT2D eigenvalue weighted by atomic mass is 35.5. The Morgan fingerprint density at radius 2 is 1.82 bits per heavy atom. The smallest absolute Gasteiger partial charge is 0.410 e. The van der Waals surface area contributed by atoms with E-state index in [-0.39, 0.29) is 0 Å². The van der Waals surface area contributed by atoms with Gasteiger partial charge in [0, 0.05) is 10.4 Å². The third-order valence-corrected chi connectivity index (χ3v) is 3.79. The van der Waals surface area contributed by atoms with Crippen molar-refractivity contribution in [1.29, 1.82) is 0 Å². The summed E-state index contributed by atoms with van der Waals surface area (Å²) in [5.74, 6) is 0.458. The minimum absolute atomic E-state index is 0.458. The number of carbonyl (C=O) groups is 1. The lowest BCUT2D eigenvalue weighted by Gasteiger charge is -2.10. The summed E-state index contributed by atoms with van der Waals surface area (Å²) < 4.78 is 5.29. The Balaban J connectivity index is 1.80. The number of hydrogen-bond acceptors (Lipinski definition) is 2. The van der Waals surface area contributed by atoms with E-state index in [1.165, 1.54) is 0 Å². The molecule has 0 aromatic heterocycles. The van der Waals surface area contributed by atoms with E-state index < -0.39 is 6.09 Å². The molecule has 1 amide bonds. The molecule has 110 valence electrons. The molecule has 0 aliphatic heterocycles. The number of amides is 1. The molecule has 0 aliphatic carbocycles. The maximum Gasteiger partial charge on any atom is 0.417 e. The van der Waals surface area contributed by atoms with Crippen molar-refractivity contribution in [3.63, 3.8) is 0 Å². The summed E-state index contributed by atoms with van der Waals surface area (Å²) in [5.41, 5.74) is 1.57. The quantitative estimate of drug-likeness (QED) is 0.687.